The predicted molar refractivity (Wildman–Crippen MR) is 66.3 cm³/mol. The molecule has 0 unspecified atom stereocenters. The Labute approximate surface area is 114 Å². The molecular formula is C10H12N8O2. The first kappa shape index (κ1) is 11.0. The van der Waals surface area contributed by atoms with E-state index in [1.807, 2.05) is 0 Å². The van der Waals surface area contributed by atoms with Gasteiger partial charge < -0.3 is 4.74 Å². The van der Waals surface area contributed by atoms with Crippen molar-refractivity contribution >= 4 is 0 Å². The Morgan fingerprint density at radius 2 is 2.25 bits per heavy atom. The molecule has 10 nitrogen and oxygen atoms in total. The second kappa shape index (κ2) is 4.64. The lowest BCUT2D eigenvalue weighted by Gasteiger charge is -2.04. The van der Waals surface area contributed by atoms with Crippen molar-refractivity contribution in [3.63, 3.8) is 0 Å². The van der Waals surface area contributed by atoms with Crippen molar-refractivity contribution in [2.24, 2.45) is 14.1 Å². The molecule has 0 fully saturated rings. The van der Waals surface area contributed by atoms with Crippen LogP contribution in [-0.4, -0.2) is 39.8 Å². The number of nitrogens with one attached hydrogen (secondary N) is 1. The summed E-state index contributed by atoms with van der Waals surface area (Å²) in [5.41, 5.74) is 0.273. The van der Waals surface area contributed by atoms with Gasteiger partial charge in [-0.05, 0) is 10.4 Å². The number of tetrazole rings is 1. The van der Waals surface area contributed by atoms with Crippen LogP contribution in [0.5, 0.6) is 5.88 Å². The number of nitrogens with zero attached hydrogens (tertiary/aromatic N) is 7. The lowest BCUT2D eigenvalue weighted by atomic mass is 10.3. The van der Waals surface area contributed by atoms with Gasteiger partial charge in [0.05, 0.1) is 11.8 Å². The van der Waals surface area contributed by atoms with E-state index < -0.39 is 0 Å². The highest BCUT2D eigenvalue weighted by Crippen LogP contribution is 2.13. The van der Waals surface area contributed by atoms with Crippen molar-refractivity contribution in [3.8, 4) is 11.7 Å². The molecule has 0 bridgehead atoms. The highest BCUT2D eigenvalue weighted by molar-refractivity contribution is 5.31. The highest BCUT2D eigenvalue weighted by Gasteiger charge is 2.16. The van der Waals surface area contributed by atoms with Crippen LogP contribution in [0.3, 0.4) is 0 Å². The fraction of sp³-hybridized carbons (Fsp3) is 0.300. The highest BCUT2D eigenvalue weighted by atomic mass is 16.5. The zero-order valence-corrected chi connectivity index (χ0v) is 10.8. The van der Waals surface area contributed by atoms with Crippen LogP contribution in [0, 0.1) is 0 Å². The number of hydrogen-bond acceptors (Lipinski definition) is 6. The van der Waals surface area contributed by atoms with Crippen LogP contribution in [0.2, 0.25) is 1.41 Å². The third kappa shape index (κ3) is 1.96. The van der Waals surface area contributed by atoms with Crippen LogP contribution < -0.4 is 10.4 Å². The fourth-order valence-corrected chi connectivity index (χ4v) is 1.75. The minimum absolute atomic E-state index is 0.142. The van der Waals surface area contributed by atoms with Gasteiger partial charge in [0.1, 0.15) is 6.61 Å². The van der Waals surface area contributed by atoms with Gasteiger partial charge in [-0.25, -0.2) is 4.79 Å². The summed E-state index contributed by atoms with van der Waals surface area (Å²) in [5.74, 6) is 0.782. The van der Waals surface area contributed by atoms with Gasteiger partial charge in [-0.3, -0.25) is 9.77 Å². The maximum absolute atomic E-state index is 11.9. The molecule has 20 heavy (non-hydrogen) atoms. The molecule has 104 valence electrons. The fourth-order valence-electron chi connectivity index (χ4n) is 1.75. The van der Waals surface area contributed by atoms with Gasteiger partial charge in [-0.2, -0.15) is 9.78 Å². The first-order chi connectivity index (χ1) is 10.1. The lowest BCUT2D eigenvalue weighted by Crippen LogP contribution is -2.24. The van der Waals surface area contributed by atoms with E-state index in [4.69, 9.17) is 6.15 Å². The number of H-pyrrole nitrogens is 1. The molecule has 1 N–H and O–H groups in total. The van der Waals surface area contributed by atoms with E-state index >= 15 is 0 Å². The van der Waals surface area contributed by atoms with Crippen LogP contribution in [0.15, 0.2) is 23.3 Å². The monoisotopic (exact) mass is 278 g/mol. The topological polar surface area (TPSA) is 108 Å². The molecule has 3 heterocycles. The van der Waals surface area contributed by atoms with Crippen LogP contribution in [-0.2, 0) is 20.7 Å². The first-order valence-electron chi connectivity index (χ1n) is 6.19. The number of hydrogen-bond donors (Lipinski definition) is 1. The van der Waals surface area contributed by atoms with E-state index in [2.05, 4.69) is 20.6 Å². The summed E-state index contributed by atoms with van der Waals surface area (Å²) in [6.45, 7) is 0.142. The Hall–Kier alpha value is -2.91. The van der Waals surface area contributed by atoms with Crippen LogP contribution in [0.4, 0.5) is 0 Å². The van der Waals surface area contributed by atoms with Crippen LogP contribution in [0.1, 0.15) is 5.56 Å². The second-order valence-electron chi connectivity index (χ2n) is 4.07. The summed E-state index contributed by atoms with van der Waals surface area (Å²) in [6.07, 6.45) is 3.03. The van der Waals surface area contributed by atoms with E-state index in [0.717, 1.165) is 14.5 Å². The molecule has 3 rings (SSSR count). The second-order valence-corrected chi connectivity index (χ2v) is 4.07. The molecule has 0 spiro atoms. The van der Waals surface area contributed by atoms with Gasteiger partial charge in [0.25, 0.3) is 0 Å². The number of aryl methyl sites for hydroxylation is 2. The van der Waals surface area contributed by atoms with Crippen LogP contribution in [0.25, 0.3) is 5.82 Å². The Kier molecular flexibility index (Phi) is 2.55. The average Bonchev–Trinajstić information content (AvgIpc) is 3.11. The maximum Gasteiger partial charge on any atom is 0.369 e. The zero-order valence-electron chi connectivity index (χ0n) is 11.8. The molecule has 0 atom stereocenters. The van der Waals surface area contributed by atoms with Crippen molar-refractivity contribution in [1.29, 1.82) is 0 Å². The van der Waals surface area contributed by atoms with Crippen molar-refractivity contribution in [2.45, 2.75) is 6.61 Å². The first-order valence-corrected chi connectivity index (χ1v) is 5.74. The van der Waals surface area contributed by atoms with E-state index in [1.54, 1.807) is 19.3 Å². The Bertz CT molecular complexity index is 828. The normalized spacial score (nSPS) is 11.6. The summed E-state index contributed by atoms with van der Waals surface area (Å²) in [5, 5.41) is 16.2. The van der Waals surface area contributed by atoms with Crippen molar-refractivity contribution in [1.82, 2.24) is 39.8 Å². The van der Waals surface area contributed by atoms with E-state index in [0.29, 0.717) is 17.3 Å². The molecule has 0 amide bonds. The maximum atomic E-state index is 11.9. The zero-order chi connectivity index (χ0) is 15.0. The largest absolute Gasteiger partial charge is 0.472 e. The van der Waals surface area contributed by atoms with Crippen molar-refractivity contribution < 1.29 is 6.15 Å². The summed E-state index contributed by atoms with van der Waals surface area (Å²) < 4.78 is 16.5. The number of ether oxygens (including phenoxy) is 1. The number of rotatable bonds is 4. The number of aromatic nitrogens is 8. The van der Waals surface area contributed by atoms with E-state index in [1.165, 1.54) is 17.9 Å². The average molecular weight is 278 g/mol. The third-order valence-electron chi connectivity index (χ3n) is 2.72. The molecule has 0 radical (unpaired) electrons. The quantitative estimate of drug-likeness (QED) is 0.656. The molecule has 0 aliphatic rings. The van der Waals surface area contributed by atoms with Crippen molar-refractivity contribution in [3.05, 3.63) is 34.5 Å². The smallest absolute Gasteiger partial charge is 0.369 e. The van der Waals surface area contributed by atoms with Gasteiger partial charge in [0.15, 0.2) is 7.23 Å². The van der Waals surface area contributed by atoms with E-state index in [-0.39, 0.29) is 12.3 Å². The Balaban J connectivity index is 1.90. The molecule has 3 aromatic rings. The minimum atomic E-state index is -0.379. The number of aromatic amines is 1. The molecule has 0 aliphatic heterocycles. The summed E-state index contributed by atoms with van der Waals surface area (Å²) in [4.78, 5) is 11.9. The molecule has 0 saturated heterocycles. The minimum Gasteiger partial charge on any atom is -0.472 e. The van der Waals surface area contributed by atoms with E-state index in [9.17, 15) is 4.79 Å². The van der Waals surface area contributed by atoms with Crippen LogP contribution >= 0.6 is 0 Å². The SMILES string of the molecule is [3H]n1ccc(OCc2cnn(C)c2-n2nnn(C)c2=O)n1. The molecule has 0 aromatic carbocycles. The molecule has 0 aliphatic carbocycles. The van der Waals surface area contributed by atoms with Gasteiger partial charge >= 0.3 is 5.69 Å². The predicted octanol–water partition coefficient (Wildman–Crippen LogP) is -0.998. The molecule has 3 aromatic heterocycles. The van der Waals surface area contributed by atoms with Gasteiger partial charge in [-0.15, -0.1) is 9.78 Å². The third-order valence-corrected chi connectivity index (χ3v) is 2.72. The molecule has 10 heteroatoms. The lowest BCUT2D eigenvalue weighted by molar-refractivity contribution is 0.292. The molecule has 0 saturated carbocycles. The summed E-state index contributed by atoms with van der Waals surface area (Å²) in [6, 6.07) is 1.57. The standard InChI is InChI=1S/C10H12N8O2/c1-16-9(18-10(19)17(2)14-15-18)7(5-12-16)6-20-8-3-4-11-13-8/h3-5H,6H2,1-2H3,(H,11,13)/i/hT. The summed E-state index contributed by atoms with van der Waals surface area (Å²) >= 11 is 0. The summed E-state index contributed by atoms with van der Waals surface area (Å²) in [7, 11) is 3.21. The molecular weight excluding hydrogens is 264 g/mol. The Morgan fingerprint density at radius 1 is 1.40 bits per heavy atom. The Morgan fingerprint density at radius 3 is 2.90 bits per heavy atom. The van der Waals surface area contributed by atoms with Gasteiger partial charge in [-0.1, -0.05) is 0 Å². The van der Waals surface area contributed by atoms with Gasteiger partial charge in [0.2, 0.25) is 5.88 Å². The van der Waals surface area contributed by atoms with Crippen molar-refractivity contribution in [2.75, 3.05) is 0 Å². The van der Waals surface area contributed by atoms with Gasteiger partial charge in [0, 0.05) is 26.4 Å².